The Bertz CT molecular complexity index is 1310. The van der Waals surface area contributed by atoms with Crippen LogP contribution in [0.1, 0.15) is 47.3 Å². The number of thioether (sulfide) groups is 1. The Morgan fingerprint density at radius 1 is 1.18 bits per heavy atom. The highest BCUT2D eigenvalue weighted by Crippen LogP contribution is 2.47. The summed E-state index contributed by atoms with van der Waals surface area (Å²) in [4.78, 5) is 29.4. The summed E-state index contributed by atoms with van der Waals surface area (Å²) in [6, 6.07) is 4.03. The number of benzene rings is 1. The lowest BCUT2D eigenvalue weighted by atomic mass is 9.81. The Morgan fingerprint density at radius 3 is 2.56 bits per heavy atom. The van der Waals surface area contributed by atoms with Gasteiger partial charge in [0.2, 0.25) is 0 Å². The number of halogens is 2. The van der Waals surface area contributed by atoms with Crippen molar-refractivity contribution in [2.24, 2.45) is 13.0 Å². The predicted octanol–water partition coefficient (Wildman–Crippen LogP) is 4.68. The first-order valence-electron chi connectivity index (χ1n) is 13.3. The minimum Gasteiger partial charge on any atom is -0.484 e. The van der Waals surface area contributed by atoms with E-state index in [-0.39, 0.29) is 33.8 Å². The van der Waals surface area contributed by atoms with E-state index in [9.17, 15) is 9.59 Å². The number of nitrogens with one attached hydrogen (secondary N) is 1. The average molecular weight is 597 g/mol. The van der Waals surface area contributed by atoms with Crippen molar-refractivity contribution in [1.29, 1.82) is 0 Å². The number of aromatic nitrogens is 1. The number of carbonyl (C=O) groups excluding carboxylic acids is 1. The van der Waals surface area contributed by atoms with Crippen LogP contribution in [-0.2, 0) is 18.3 Å². The smallest absolute Gasteiger partial charge is 0.256 e. The lowest BCUT2D eigenvalue weighted by Crippen LogP contribution is -2.57. The Kier molecular flexibility index (Phi) is 8.74. The van der Waals surface area contributed by atoms with Crippen LogP contribution in [0.2, 0.25) is 10.0 Å². The van der Waals surface area contributed by atoms with Gasteiger partial charge in [-0.2, -0.15) is 0 Å². The van der Waals surface area contributed by atoms with Crippen LogP contribution in [0.25, 0.3) is 0 Å². The molecule has 212 valence electrons. The van der Waals surface area contributed by atoms with Crippen LogP contribution in [0.3, 0.4) is 0 Å². The van der Waals surface area contributed by atoms with Crippen molar-refractivity contribution < 1.29 is 19.0 Å². The zero-order valence-corrected chi connectivity index (χ0v) is 25.0. The van der Waals surface area contributed by atoms with E-state index in [0.29, 0.717) is 41.7 Å². The number of ether oxygens (including phenoxy) is 3. The summed E-state index contributed by atoms with van der Waals surface area (Å²) in [5, 5.41) is 3.27. The molecular formula is C28H35Cl2N3O5S. The van der Waals surface area contributed by atoms with Gasteiger partial charge in [0.25, 0.3) is 11.5 Å². The van der Waals surface area contributed by atoms with Gasteiger partial charge in [0.05, 0.1) is 27.3 Å². The molecule has 3 aliphatic rings. The summed E-state index contributed by atoms with van der Waals surface area (Å²) >= 11 is 14.7. The number of hydrogen-bond donors (Lipinski definition) is 1. The maximum atomic E-state index is 13.2. The van der Waals surface area contributed by atoms with Gasteiger partial charge in [0.1, 0.15) is 12.7 Å². The molecule has 1 aliphatic carbocycles. The third-order valence-electron chi connectivity index (χ3n) is 8.40. The SMILES string of the molecule is COC1CN(C2CCC([C@H]3COc4c(Cl)cc(C(=O)NCc5c(SC)cc(C)n(C)c5=O)c(Cl)c4O3)CC2)C1. The van der Waals surface area contributed by atoms with Crippen molar-refractivity contribution >= 4 is 40.9 Å². The fourth-order valence-corrected chi connectivity index (χ4v) is 6.99. The third-order valence-corrected chi connectivity index (χ3v) is 9.86. The van der Waals surface area contributed by atoms with E-state index in [0.717, 1.165) is 49.4 Å². The third kappa shape index (κ3) is 5.66. The minimum absolute atomic E-state index is 0.0678. The van der Waals surface area contributed by atoms with E-state index < -0.39 is 5.91 Å². The highest BCUT2D eigenvalue weighted by atomic mass is 35.5. The van der Waals surface area contributed by atoms with E-state index in [1.807, 2.05) is 19.2 Å². The molecule has 2 aliphatic heterocycles. The molecule has 11 heteroatoms. The molecule has 1 saturated heterocycles. The van der Waals surface area contributed by atoms with E-state index in [4.69, 9.17) is 37.4 Å². The van der Waals surface area contributed by atoms with Gasteiger partial charge >= 0.3 is 0 Å². The van der Waals surface area contributed by atoms with Gasteiger partial charge in [-0.15, -0.1) is 11.8 Å². The molecule has 0 bridgehead atoms. The van der Waals surface area contributed by atoms with Crippen molar-refractivity contribution in [3.63, 3.8) is 0 Å². The molecule has 1 atom stereocenters. The first-order chi connectivity index (χ1) is 18.7. The zero-order chi connectivity index (χ0) is 27.8. The van der Waals surface area contributed by atoms with E-state index in [2.05, 4.69) is 10.2 Å². The topological polar surface area (TPSA) is 82.0 Å². The van der Waals surface area contributed by atoms with Gasteiger partial charge in [-0.25, -0.2) is 0 Å². The van der Waals surface area contributed by atoms with Crippen LogP contribution in [-0.4, -0.2) is 66.7 Å². The van der Waals surface area contributed by atoms with Crippen molar-refractivity contribution in [2.75, 3.05) is 33.1 Å². The standard InChI is InChI=1S/C28H35Cl2N3O5S/c1-15-9-23(39-4)20(28(35)32(15)2)11-31-27(34)19-10-21(29)25-26(24(19)30)38-22(14-37-25)16-5-7-17(8-6-16)33-12-18(13-33)36-3/h9-10,16-18,22H,5-8,11-14H2,1-4H3,(H,31,34)/t16?,17?,22-/m1/s1. The summed E-state index contributed by atoms with van der Waals surface area (Å²) in [6.45, 7) is 4.37. The minimum atomic E-state index is -0.436. The molecule has 0 unspecified atom stereocenters. The number of nitrogens with zero attached hydrogens (tertiary/aromatic N) is 2. The molecule has 39 heavy (non-hydrogen) atoms. The highest BCUT2D eigenvalue weighted by Gasteiger charge is 2.39. The Balaban J connectivity index is 1.27. The van der Waals surface area contributed by atoms with Crippen LogP contribution in [0.5, 0.6) is 11.5 Å². The van der Waals surface area contributed by atoms with Gasteiger partial charge < -0.3 is 24.1 Å². The molecule has 1 aromatic heterocycles. The second-order valence-corrected chi connectivity index (χ2v) is 12.2. The summed E-state index contributed by atoms with van der Waals surface area (Å²) < 4.78 is 19.4. The number of carbonyl (C=O) groups is 1. The quantitative estimate of drug-likeness (QED) is 0.465. The Hall–Kier alpha value is -1.91. The molecule has 1 amide bonds. The summed E-state index contributed by atoms with van der Waals surface area (Å²) in [5.74, 6) is 0.583. The maximum absolute atomic E-state index is 13.2. The maximum Gasteiger partial charge on any atom is 0.256 e. The average Bonchev–Trinajstić information content (AvgIpc) is 2.92. The summed E-state index contributed by atoms with van der Waals surface area (Å²) in [6.07, 6.45) is 6.41. The van der Waals surface area contributed by atoms with Crippen molar-refractivity contribution in [1.82, 2.24) is 14.8 Å². The monoisotopic (exact) mass is 595 g/mol. The van der Waals surface area contributed by atoms with Gasteiger partial charge in [-0.3, -0.25) is 14.5 Å². The first kappa shape index (κ1) is 28.6. The number of pyridine rings is 1. The number of likely N-dealkylation sites (tertiary alicyclic amines) is 1. The normalized spacial score (nSPS) is 23.4. The molecule has 1 N–H and O–H groups in total. The lowest BCUT2D eigenvalue weighted by molar-refractivity contribution is -0.0649. The molecule has 0 radical (unpaired) electrons. The molecule has 1 saturated carbocycles. The lowest BCUT2D eigenvalue weighted by Gasteiger charge is -2.46. The molecule has 0 spiro atoms. The Labute approximate surface area is 243 Å². The van der Waals surface area contributed by atoms with Gasteiger partial charge in [-0.1, -0.05) is 23.2 Å². The fourth-order valence-electron chi connectivity index (χ4n) is 5.78. The van der Waals surface area contributed by atoms with Gasteiger partial charge in [-0.05, 0) is 56.9 Å². The fraction of sp³-hybridized carbons (Fsp3) is 0.571. The van der Waals surface area contributed by atoms with E-state index in [1.165, 1.54) is 17.8 Å². The second kappa shape index (κ2) is 11.9. The van der Waals surface area contributed by atoms with Crippen LogP contribution in [0.15, 0.2) is 21.8 Å². The number of rotatable bonds is 7. The van der Waals surface area contributed by atoms with Gasteiger partial charge in [0.15, 0.2) is 11.5 Å². The summed E-state index contributed by atoms with van der Waals surface area (Å²) in [5.41, 5.74) is 1.42. The molecule has 2 fully saturated rings. The van der Waals surface area contributed by atoms with Crippen LogP contribution in [0, 0.1) is 12.8 Å². The van der Waals surface area contributed by atoms with Crippen LogP contribution < -0.4 is 20.3 Å². The van der Waals surface area contributed by atoms with E-state index in [1.54, 1.807) is 18.7 Å². The van der Waals surface area contributed by atoms with Gasteiger partial charge in [0, 0.05) is 50.4 Å². The van der Waals surface area contributed by atoms with Crippen molar-refractivity contribution in [2.45, 2.75) is 62.3 Å². The first-order valence-corrected chi connectivity index (χ1v) is 15.3. The van der Waals surface area contributed by atoms with Crippen LogP contribution >= 0.6 is 35.0 Å². The number of fused-ring (bicyclic) bond motifs is 1. The highest BCUT2D eigenvalue weighted by molar-refractivity contribution is 7.98. The van der Waals surface area contributed by atoms with E-state index >= 15 is 0 Å². The molecule has 3 heterocycles. The number of amides is 1. The molecule has 5 rings (SSSR count). The van der Waals surface area contributed by atoms with Crippen molar-refractivity contribution in [3.05, 3.63) is 49.4 Å². The molecule has 2 aromatic rings. The summed E-state index contributed by atoms with van der Waals surface area (Å²) in [7, 11) is 3.49. The number of hydrogen-bond acceptors (Lipinski definition) is 7. The predicted molar refractivity (Wildman–Crippen MR) is 154 cm³/mol. The zero-order valence-electron chi connectivity index (χ0n) is 22.7. The molecule has 8 nitrogen and oxygen atoms in total. The molecule has 1 aromatic carbocycles. The number of aryl methyl sites for hydroxylation is 1. The second-order valence-electron chi connectivity index (χ2n) is 10.6. The number of methoxy groups -OCH3 is 1. The molecular weight excluding hydrogens is 561 g/mol. The van der Waals surface area contributed by atoms with Crippen LogP contribution in [0.4, 0.5) is 0 Å². The largest absolute Gasteiger partial charge is 0.484 e. The Morgan fingerprint density at radius 2 is 1.90 bits per heavy atom. The van der Waals surface area contributed by atoms with Crippen molar-refractivity contribution in [3.8, 4) is 11.5 Å².